The zero-order valence-corrected chi connectivity index (χ0v) is 12.3. The number of nitrogens with two attached hydrogens (primary N) is 1. The van der Waals surface area contributed by atoms with Crippen molar-refractivity contribution in [3.05, 3.63) is 24.0 Å². The Bertz CT molecular complexity index is 609. The van der Waals surface area contributed by atoms with E-state index in [1.54, 1.807) is 20.8 Å². The fraction of sp³-hybridized carbons (Fsp3) is 0.417. The first kappa shape index (κ1) is 16.4. The lowest BCUT2D eigenvalue weighted by Gasteiger charge is -2.20. The van der Waals surface area contributed by atoms with Crippen LogP contribution < -0.4 is 15.8 Å². The van der Waals surface area contributed by atoms with Gasteiger partial charge in [0.05, 0.1) is 12.2 Å². The summed E-state index contributed by atoms with van der Waals surface area (Å²) in [6.07, 6.45) is 0. The monoisotopic (exact) mass is 303 g/mol. The Morgan fingerprint density at radius 2 is 1.95 bits per heavy atom. The topological polar surface area (TPSA) is 101 Å². The molecule has 0 fully saturated rings. The van der Waals surface area contributed by atoms with Crippen molar-refractivity contribution in [2.75, 3.05) is 12.3 Å². The standard InChI is InChI=1S/C12H18FN3O3S/c1-12(2,3)16-11(17)7-15-20(18,19)10-6-8(13)4-5-9(10)14/h4-6,15H,7,14H2,1-3H3,(H,16,17). The maximum absolute atomic E-state index is 13.1. The van der Waals surface area contributed by atoms with Crippen molar-refractivity contribution in [1.29, 1.82) is 0 Å². The van der Waals surface area contributed by atoms with Crippen LogP contribution in [0.3, 0.4) is 0 Å². The van der Waals surface area contributed by atoms with Gasteiger partial charge in [-0.3, -0.25) is 4.79 Å². The van der Waals surface area contributed by atoms with Crippen LogP contribution in [0, 0.1) is 5.82 Å². The summed E-state index contributed by atoms with van der Waals surface area (Å²) in [6.45, 7) is 4.85. The summed E-state index contributed by atoms with van der Waals surface area (Å²) in [5.74, 6) is -1.21. The molecule has 4 N–H and O–H groups in total. The van der Waals surface area contributed by atoms with E-state index >= 15 is 0 Å². The third kappa shape index (κ3) is 4.78. The first-order chi connectivity index (χ1) is 9.01. The molecule has 0 aliphatic rings. The fourth-order valence-corrected chi connectivity index (χ4v) is 2.56. The molecule has 0 aliphatic heterocycles. The number of nitrogens with one attached hydrogen (secondary N) is 2. The van der Waals surface area contributed by atoms with Gasteiger partial charge < -0.3 is 11.1 Å². The van der Waals surface area contributed by atoms with Crippen LogP contribution in [0.5, 0.6) is 0 Å². The van der Waals surface area contributed by atoms with Crippen LogP contribution in [-0.4, -0.2) is 26.4 Å². The van der Waals surface area contributed by atoms with E-state index in [1.165, 1.54) is 0 Å². The van der Waals surface area contributed by atoms with Gasteiger partial charge in [-0.05, 0) is 39.0 Å². The molecule has 1 aromatic carbocycles. The molecule has 0 saturated heterocycles. The number of carbonyl (C=O) groups is 1. The van der Waals surface area contributed by atoms with Crippen molar-refractivity contribution in [1.82, 2.24) is 10.0 Å². The highest BCUT2D eigenvalue weighted by Gasteiger charge is 2.20. The second-order valence-electron chi connectivity index (χ2n) is 5.30. The number of rotatable bonds is 4. The molecular weight excluding hydrogens is 285 g/mol. The van der Waals surface area contributed by atoms with Gasteiger partial charge in [-0.2, -0.15) is 0 Å². The van der Waals surface area contributed by atoms with Gasteiger partial charge in [-0.1, -0.05) is 0 Å². The van der Waals surface area contributed by atoms with E-state index in [0.717, 1.165) is 18.2 Å². The van der Waals surface area contributed by atoms with Crippen molar-refractivity contribution in [2.45, 2.75) is 31.2 Å². The van der Waals surface area contributed by atoms with Crippen LogP contribution in [0.25, 0.3) is 0 Å². The van der Waals surface area contributed by atoms with Crippen molar-refractivity contribution < 1.29 is 17.6 Å². The molecule has 0 aliphatic carbocycles. The van der Waals surface area contributed by atoms with Crippen molar-refractivity contribution in [3.8, 4) is 0 Å². The van der Waals surface area contributed by atoms with E-state index in [-0.39, 0.29) is 10.6 Å². The predicted octanol–water partition coefficient (Wildman–Crippen LogP) is 0.601. The molecule has 20 heavy (non-hydrogen) atoms. The Hall–Kier alpha value is -1.67. The SMILES string of the molecule is CC(C)(C)NC(=O)CNS(=O)(=O)c1cc(F)ccc1N. The molecule has 0 atom stereocenters. The van der Waals surface area contributed by atoms with Gasteiger partial charge in [0.25, 0.3) is 0 Å². The highest BCUT2D eigenvalue weighted by Crippen LogP contribution is 2.18. The fourth-order valence-electron chi connectivity index (χ4n) is 1.44. The van der Waals surface area contributed by atoms with E-state index in [4.69, 9.17) is 5.73 Å². The molecule has 6 nitrogen and oxygen atoms in total. The predicted molar refractivity (Wildman–Crippen MR) is 73.9 cm³/mol. The van der Waals surface area contributed by atoms with Crippen LogP contribution in [0.1, 0.15) is 20.8 Å². The second-order valence-corrected chi connectivity index (χ2v) is 7.04. The van der Waals surface area contributed by atoms with E-state index in [0.29, 0.717) is 0 Å². The lowest BCUT2D eigenvalue weighted by Crippen LogP contribution is -2.45. The smallest absolute Gasteiger partial charge is 0.243 e. The van der Waals surface area contributed by atoms with Gasteiger partial charge >= 0.3 is 0 Å². The van der Waals surface area contributed by atoms with Crippen LogP contribution in [-0.2, 0) is 14.8 Å². The lowest BCUT2D eigenvalue weighted by molar-refractivity contribution is -0.121. The highest BCUT2D eigenvalue weighted by atomic mass is 32.2. The van der Waals surface area contributed by atoms with Gasteiger partial charge in [-0.15, -0.1) is 0 Å². The molecule has 0 spiro atoms. The number of amides is 1. The van der Waals surface area contributed by atoms with E-state index in [1.807, 2.05) is 0 Å². The van der Waals surface area contributed by atoms with E-state index in [2.05, 4.69) is 10.0 Å². The normalized spacial score (nSPS) is 12.2. The summed E-state index contributed by atoms with van der Waals surface area (Å²) in [4.78, 5) is 11.2. The van der Waals surface area contributed by atoms with E-state index in [9.17, 15) is 17.6 Å². The van der Waals surface area contributed by atoms with Gasteiger partial charge in [0, 0.05) is 5.54 Å². The summed E-state index contributed by atoms with van der Waals surface area (Å²) < 4.78 is 39.0. The number of anilines is 1. The van der Waals surface area contributed by atoms with Gasteiger partial charge in [-0.25, -0.2) is 17.5 Å². The third-order valence-electron chi connectivity index (χ3n) is 2.20. The largest absolute Gasteiger partial charge is 0.398 e. The average molecular weight is 303 g/mol. The Kier molecular flexibility index (Phi) is 4.72. The first-order valence-electron chi connectivity index (χ1n) is 5.87. The van der Waals surface area contributed by atoms with Gasteiger partial charge in [0.15, 0.2) is 0 Å². The molecule has 0 unspecified atom stereocenters. The van der Waals surface area contributed by atoms with Crippen LogP contribution in [0.2, 0.25) is 0 Å². The molecule has 112 valence electrons. The molecule has 0 aromatic heterocycles. The maximum atomic E-state index is 13.1. The zero-order valence-electron chi connectivity index (χ0n) is 11.5. The van der Waals surface area contributed by atoms with Crippen LogP contribution in [0.4, 0.5) is 10.1 Å². The number of hydrogen-bond donors (Lipinski definition) is 3. The Labute approximate surface area is 117 Å². The quantitative estimate of drug-likeness (QED) is 0.709. The number of halogens is 1. The first-order valence-corrected chi connectivity index (χ1v) is 7.35. The van der Waals surface area contributed by atoms with Crippen LogP contribution in [0.15, 0.2) is 23.1 Å². The number of sulfonamides is 1. The summed E-state index contributed by atoms with van der Waals surface area (Å²) in [7, 11) is -4.04. The van der Waals surface area contributed by atoms with Crippen molar-refractivity contribution >= 4 is 21.6 Å². The molecule has 0 heterocycles. The summed E-state index contributed by atoms with van der Waals surface area (Å²) in [6, 6.07) is 3.01. The summed E-state index contributed by atoms with van der Waals surface area (Å²) in [5.41, 5.74) is 4.94. The minimum atomic E-state index is -4.04. The Morgan fingerprint density at radius 1 is 1.35 bits per heavy atom. The number of benzene rings is 1. The maximum Gasteiger partial charge on any atom is 0.243 e. The molecule has 0 radical (unpaired) electrons. The molecule has 8 heteroatoms. The lowest BCUT2D eigenvalue weighted by atomic mass is 10.1. The molecule has 1 amide bonds. The number of hydrogen-bond acceptors (Lipinski definition) is 4. The highest BCUT2D eigenvalue weighted by molar-refractivity contribution is 7.89. The minimum absolute atomic E-state index is 0.0878. The summed E-state index contributed by atoms with van der Waals surface area (Å²) >= 11 is 0. The van der Waals surface area contributed by atoms with Gasteiger partial charge in [0.1, 0.15) is 10.7 Å². The molecule has 0 bridgehead atoms. The molecule has 1 rings (SSSR count). The number of carbonyl (C=O) groups excluding carboxylic acids is 1. The summed E-state index contributed by atoms with van der Waals surface area (Å²) in [5, 5.41) is 2.60. The Morgan fingerprint density at radius 3 is 2.50 bits per heavy atom. The third-order valence-corrected chi connectivity index (χ3v) is 3.66. The van der Waals surface area contributed by atoms with E-state index < -0.39 is 33.8 Å². The molecular formula is C12H18FN3O3S. The zero-order chi connectivity index (χ0) is 15.6. The number of nitrogen functional groups attached to an aromatic ring is 1. The van der Waals surface area contributed by atoms with Crippen molar-refractivity contribution in [2.24, 2.45) is 0 Å². The van der Waals surface area contributed by atoms with Crippen LogP contribution >= 0.6 is 0 Å². The molecule has 0 saturated carbocycles. The Balaban J connectivity index is 2.81. The minimum Gasteiger partial charge on any atom is -0.398 e. The second kappa shape index (κ2) is 5.76. The molecule has 1 aromatic rings. The van der Waals surface area contributed by atoms with Gasteiger partial charge in [0.2, 0.25) is 15.9 Å². The van der Waals surface area contributed by atoms with Crippen molar-refractivity contribution in [3.63, 3.8) is 0 Å². The average Bonchev–Trinajstić information content (AvgIpc) is 2.27.